The van der Waals surface area contributed by atoms with Crippen molar-refractivity contribution in [2.45, 2.75) is 152 Å². The van der Waals surface area contributed by atoms with E-state index >= 15 is 0 Å². The zero-order chi connectivity index (χ0) is 42.7. The minimum atomic E-state index is -5.24. The van der Waals surface area contributed by atoms with Gasteiger partial charge in [0.1, 0.15) is 36.6 Å². The van der Waals surface area contributed by atoms with E-state index in [0.29, 0.717) is 25.7 Å². The van der Waals surface area contributed by atoms with Crippen molar-refractivity contribution in [3.8, 4) is 0 Å². The molecule has 2 aliphatic heterocycles. The number of aliphatic hydroxyl groups is 7. The summed E-state index contributed by atoms with van der Waals surface area (Å²) in [4.78, 5) is 0. The van der Waals surface area contributed by atoms with Crippen LogP contribution in [0.2, 0.25) is 0 Å². The first-order valence-corrected chi connectivity index (χ1v) is 22.1. The van der Waals surface area contributed by atoms with Gasteiger partial charge in [0.2, 0.25) is 10.4 Å². The fourth-order valence-electron chi connectivity index (χ4n) is 12.4. The molecule has 6 rings (SSSR count). The van der Waals surface area contributed by atoms with Gasteiger partial charge in [0.05, 0.1) is 49.8 Å². The minimum Gasteiger partial charge on any atom is -0.726 e. The van der Waals surface area contributed by atoms with E-state index in [1.807, 2.05) is 20.8 Å². The van der Waals surface area contributed by atoms with E-state index in [9.17, 15) is 48.7 Å². The number of rotatable bonds is 14. The van der Waals surface area contributed by atoms with Gasteiger partial charge in [-0.2, -0.15) is 0 Å². The molecule has 0 aromatic rings. The number of methoxy groups -OCH3 is 2. The predicted octanol–water partition coefficient (Wildman–Crippen LogP) is -2.79. The molecule has 2 saturated heterocycles. The predicted molar refractivity (Wildman–Crippen MR) is 202 cm³/mol. The fraction of sp³-hybridized carbons (Fsp3) is 0.950. The summed E-state index contributed by atoms with van der Waals surface area (Å²) < 4.78 is 75.8. The van der Waals surface area contributed by atoms with Crippen LogP contribution < -0.4 is 29.6 Å². The van der Waals surface area contributed by atoms with Crippen LogP contribution in [0.4, 0.5) is 0 Å². The molecule has 6 fully saturated rings. The average molecular weight is 875 g/mol. The minimum absolute atomic E-state index is 0. The Bertz CT molecular complexity index is 1540. The molecule has 336 valence electrons. The largest absolute Gasteiger partial charge is 1.00 e. The summed E-state index contributed by atoms with van der Waals surface area (Å²) in [5.41, 5.74) is -3.08. The van der Waals surface area contributed by atoms with Crippen LogP contribution in [0.15, 0.2) is 12.2 Å². The van der Waals surface area contributed by atoms with E-state index in [1.165, 1.54) is 14.2 Å². The van der Waals surface area contributed by atoms with Crippen LogP contribution in [0.1, 0.15) is 73.1 Å². The van der Waals surface area contributed by atoms with Gasteiger partial charge in [-0.3, -0.25) is 4.18 Å². The Hall–Kier alpha value is 0.0900. The number of hydrogen-bond acceptors (Lipinski definition) is 17. The third-order valence-electron chi connectivity index (χ3n) is 15.4. The molecule has 6 aliphatic rings. The first kappa shape index (κ1) is 50.1. The third-order valence-corrected chi connectivity index (χ3v) is 15.9. The van der Waals surface area contributed by atoms with Crippen molar-refractivity contribution >= 4 is 10.4 Å². The molecule has 0 aromatic carbocycles. The van der Waals surface area contributed by atoms with Crippen LogP contribution in [0.3, 0.4) is 0 Å². The Morgan fingerprint density at radius 3 is 2.17 bits per heavy atom. The van der Waals surface area contributed by atoms with Crippen molar-refractivity contribution in [3.63, 3.8) is 0 Å². The molecule has 2 heterocycles. The Morgan fingerprint density at radius 2 is 1.56 bits per heavy atom. The van der Waals surface area contributed by atoms with Gasteiger partial charge in [0.25, 0.3) is 0 Å². The van der Waals surface area contributed by atoms with Crippen LogP contribution in [-0.2, 0) is 43.0 Å². The number of ether oxygens (including phenoxy) is 6. The maximum Gasteiger partial charge on any atom is 1.00 e. The Kier molecular flexibility index (Phi) is 16.4. The molecule has 4 aliphatic carbocycles. The van der Waals surface area contributed by atoms with E-state index in [0.717, 1.165) is 0 Å². The molecule has 7 N–H and O–H groups in total. The van der Waals surface area contributed by atoms with E-state index in [4.69, 9.17) is 32.6 Å². The van der Waals surface area contributed by atoms with Crippen LogP contribution in [0.25, 0.3) is 0 Å². The van der Waals surface area contributed by atoms with Gasteiger partial charge in [-0.05, 0) is 66.6 Å². The quantitative estimate of drug-likeness (QED) is 0.0403. The number of hydrogen-bond donors (Lipinski definition) is 7. The van der Waals surface area contributed by atoms with Gasteiger partial charge in [-0.25, -0.2) is 8.42 Å². The molecular formula is C40H67NaO17S. The molecule has 4 saturated carbocycles. The van der Waals surface area contributed by atoms with Gasteiger partial charge in [-0.1, -0.05) is 46.8 Å². The molecule has 0 amide bonds. The third kappa shape index (κ3) is 9.45. The molecule has 0 bridgehead atoms. The van der Waals surface area contributed by atoms with Crippen molar-refractivity contribution in [2.75, 3.05) is 34.0 Å². The normalized spacial score (nSPS) is 48.6. The molecule has 21 atom stereocenters. The first-order chi connectivity index (χ1) is 27.1. The van der Waals surface area contributed by atoms with E-state index in [-0.39, 0.29) is 79.3 Å². The molecule has 0 radical (unpaired) electrons. The second-order valence-electron chi connectivity index (χ2n) is 18.8. The van der Waals surface area contributed by atoms with Gasteiger partial charge in [0, 0.05) is 38.4 Å². The summed E-state index contributed by atoms with van der Waals surface area (Å²) in [7, 11) is -2.39. The number of allylic oxidation sites excluding steroid dienone is 1. The Balaban J connectivity index is 0.00000661. The van der Waals surface area contributed by atoms with Crippen LogP contribution in [0.5, 0.6) is 0 Å². The molecule has 59 heavy (non-hydrogen) atoms. The van der Waals surface area contributed by atoms with Crippen molar-refractivity contribution in [1.29, 1.82) is 0 Å². The van der Waals surface area contributed by atoms with Gasteiger partial charge in [-0.15, -0.1) is 0 Å². The molecular weight excluding hydrogens is 807 g/mol. The van der Waals surface area contributed by atoms with Gasteiger partial charge >= 0.3 is 29.6 Å². The smallest absolute Gasteiger partial charge is 0.726 e. The molecule has 0 spiro atoms. The number of aliphatic hydroxyl groups excluding tert-OH is 6. The summed E-state index contributed by atoms with van der Waals surface area (Å²) in [6.45, 7) is 9.76. The van der Waals surface area contributed by atoms with Crippen LogP contribution in [-0.4, -0.2) is 162 Å². The van der Waals surface area contributed by atoms with Crippen molar-refractivity contribution in [1.82, 2.24) is 0 Å². The average Bonchev–Trinajstić information content (AvgIpc) is 3.60. The van der Waals surface area contributed by atoms with Crippen LogP contribution in [0, 0.1) is 52.3 Å². The summed E-state index contributed by atoms with van der Waals surface area (Å²) in [5, 5.41) is 78.1. The van der Waals surface area contributed by atoms with Crippen molar-refractivity contribution < 1.29 is 111 Å². The summed E-state index contributed by atoms with van der Waals surface area (Å²) in [5.74, 6) is -2.28. The molecule has 0 unspecified atom stereocenters. The summed E-state index contributed by atoms with van der Waals surface area (Å²) in [6.07, 6.45) is -6.93. The number of fused-ring (bicyclic) bond motifs is 5. The van der Waals surface area contributed by atoms with E-state index in [2.05, 4.69) is 26.0 Å². The second-order valence-corrected chi connectivity index (χ2v) is 19.8. The Morgan fingerprint density at radius 1 is 0.881 bits per heavy atom. The summed E-state index contributed by atoms with van der Waals surface area (Å²) in [6, 6.07) is 0. The zero-order valence-electron chi connectivity index (χ0n) is 35.6. The maximum atomic E-state index is 12.8. The van der Waals surface area contributed by atoms with E-state index < -0.39 is 125 Å². The molecule has 17 nitrogen and oxygen atoms in total. The molecule has 19 heteroatoms. The summed E-state index contributed by atoms with van der Waals surface area (Å²) >= 11 is 0. The SMILES string of the molecule is CO[C@H]1[C@H](O[C@H]2[C@H](OC[C@@H](/C=C/[C@@H](C)[C@H]3C[C@@H](O)[C@@H]4[C@]3(C)CC[C@@H]3[C@@]5(C)CC[C@H](O)[C@H](O)[C@@H]5[C@@H](OS(=O)(=O)[O-])C[C@]34O)C(C)C)O[C@@H](CO)[C@@H]2O)OC[C@@H](OC)[C@@H]1O.[Na+]. The van der Waals surface area contributed by atoms with Crippen molar-refractivity contribution in [2.24, 2.45) is 52.3 Å². The maximum absolute atomic E-state index is 12.8. The standard InChI is InChI=1S/C40H68O17S.Na/c1-19(2)21(17-53-37-34(31(45)26(16-41)55-37)56-36-33(52-7)32(46)27(51-6)18-54-36)9-8-20(3)22-14-24(43)35-38(22,4)13-11-28-39(5)12-10-23(42)30(44)29(39)25(15-40(28,35)47)57-58(48,49)50;/h8-9,19-37,41-47H,10-18H2,1-7H3,(H,48,49,50);/q;+1/p-1/b9-8+;/t20-,21-,22-,23+,24-,25+,26+,27-,28-,29+,30+,31+,32+,33-,34-,35-,36+,37-,38-,39-,40+;/m1./s1. The first-order valence-electron chi connectivity index (χ1n) is 20.8. The topological polar surface area (TPSA) is 263 Å². The fourth-order valence-corrected chi connectivity index (χ4v) is 12.9. The second kappa shape index (κ2) is 19.3. The van der Waals surface area contributed by atoms with Crippen LogP contribution >= 0.6 is 0 Å². The molecule has 0 aromatic heterocycles. The van der Waals surface area contributed by atoms with Gasteiger partial charge < -0.3 is 68.7 Å². The van der Waals surface area contributed by atoms with E-state index in [1.54, 1.807) is 0 Å². The monoisotopic (exact) mass is 874 g/mol. The van der Waals surface area contributed by atoms with Gasteiger partial charge in [0.15, 0.2) is 12.6 Å². The van der Waals surface area contributed by atoms with Crippen molar-refractivity contribution in [3.05, 3.63) is 12.2 Å². The Labute approximate surface area is 370 Å². The zero-order valence-corrected chi connectivity index (χ0v) is 38.4.